The molecule has 14 heavy (non-hydrogen) atoms. The fourth-order valence-corrected chi connectivity index (χ4v) is 1.55. The Hall–Kier alpha value is -0.370. The third-order valence-corrected chi connectivity index (χ3v) is 2.11. The second-order valence-corrected chi connectivity index (χ2v) is 4.21. The second kappa shape index (κ2) is 7.98. The van der Waals surface area contributed by atoms with Crippen LogP contribution in [0, 0.1) is 0 Å². The highest BCUT2D eigenvalue weighted by atomic mass is 16.5. The zero-order valence-electron chi connectivity index (χ0n) is 10.0. The Bertz CT molecular complexity index is 152. The van der Waals surface area contributed by atoms with Crippen LogP contribution in [0.3, 0.4) is 0 Å². The first kappa shape index (κ1) is 13.6. The highest BCUT2D eigenvalue weighted by molar-refractivity contribution is 5.75. The van der Waals surface area contributed by atoms with E-state index in [0.29, 0.717) is 6.42 Å². The number of ketones is 1. The van der Waals surface area contributed by atoms with Gasteiger partial charge in [0.1, 0.15) is 5.78 Å². The molecule has 0 aliphatic carbocycles. The van der Waals surface area contributed by atoms with E-state index in [4.69, 9.17) is 4.74 Å². The number of rotatable bonds is 8. The summed E-state index contributed by atoms with van der Waals surface area (Å²) >= 11 is 0. The largest absolute Gasteiger partial charge is 0.375 e. The fourth-order valence-electron chi connectivity index (χ4n) is 1.55. The Morgan fingerprint density at radius 1 is 1.29 bits per heavy atom. The van der Waals surface area contributed by atoms with Crippen molar-refractivity contribution >= 4 is 5.78 Å². The van der Waals surface area contributed by atoms with Crippen LogP contribution in [0.25, 0.3) is 0 Å². The summed E-state index contributed by atoms with van der Waals surface area (Å²) in [4.78, 5) is 11.0. The average molecular weight is 200 g/mol. The van der Waals surface area contributed by atoms with Crippen LogP contribution in [0.1, 0.15) is 59.8 Å². The summed E-state index contributed by atoms with van der Waals surface area (Å²) in [5, 5.41) is 0. The number of carbonyl (C=O) groups is 1. The Morgan fingerprint density at radius 3 is 2.36 bits per heavy atom. The smallest absolute Gasteiger partial charge is 0.132 e. The van der Waals surface area contributed by atoms with Crippen LogP contribution in [0.15, 0.2) is 0 Å². The zero-order chi connectivity index (χ0) is 11.0. The standard InChI is InChI=1S/C12H24O2/c1-5-6-7-8-12(9-11(4)13)14-10(2)3/h10,12H,5-9H2,1-4H3. The van der Waals surface area contributed by atoms with Crippen LogP contribution >= 0.6 is 0 Å². The van der Waals surface area contributed by atoms with Crippen LogP contribution < -0.4 is 0 Å². The van der Waals surface area contributed by atoms with Crippen LogP contribution in [0.5, 0.6) is 0 Å². The molecule has 0 aliphatic heterocycles. The van der Waals surface area contributed by atoms with Crippen molar-refractivity contribution in [2.45, 2.75) is 72.0 Å². The first-order valence-electron chi connectivity index (χ1n) is 5.71. The van der Waals surface area contributed by atoms with Gasteiger partial charge in [-0.25, -0.2) is 0 Å². The van der Waals surface area contributed by atoms with E-state index in [1.165, 1.54) is 19.3 Å². The number of hydrogen-bond acceptors (Lipinski definition) is 2. The molecule has 0 N–H and O–H groups in total. The van der Waals surface area contributed by atoms with Crippen molar-refractivity contribution < 1.29 is 9.53 Å². The summed E-state index contributed by atoms with van der Waals surface area (Å²) in [5.74, 6) is 0.229. The van der Waals surface area contributed by atoms with E-state index in [2.05, 4.69) is 6.92 Å². The number of hydrogen-bond donors (Lipinski definition) is 0. The first-order chi connectivity index (χ1) is 6.56. The normalized spacial score (nSPS) is 13.2. The number of ether oxygens (including phenoxy) is 1. The minimum absolute atomic E-state index is 0.138. The molecule has 0 aliphatic rings. The van der Waals surface area contributed by atoms with Gasteiger partial charge >= 0.3 is 0 Å². The SMILES string of the molecule is CCCCCC(CC(C)=O)OC(C)C. The first-order valence-corrected chi connectivity index (χ1v) is 5.71. The maximum absolute atomic E-state index is 11.0. The molecule has 0 radical (unpaired) electrons. The maximum Gasteiger partial charge on any atom is 0.132 e. The molecular formula is C12H24O2. The lowest BCUT2D eigenvalue weighted by molar-refractivity contribution is -0.120. The average Bonchev–Trinajstić information content (AvgIpc) is 2.02. The molecule has 1 unspecified atom stereocenters. The van der Waals surface area contributed by atoms with E-state index in [1.807, 2.05) is 13.8 Å². The second-order valence-electron chi connectivity index (χ2n) is 4.21. The van der Waals surface area contributed by atoms with Crippen molar-refractivity contribution in [3.8, 4) is 0 Å². The summed E-state index contributed by atoms with van der Waals surface area (Å²) in [6.45, 7) is 7.86. The van der Waals surface area contributed by atoms with Gasteiger partial charge in [0.25, 0.3) is 0 Å². The van der Waals surface area contributed by atoms with Gasteiger partial charge in [-0.1, -0.05) is 26.2 Å². The molecule has 0 aromatic heterocycles. The molecule has 0 saturated carbocycles. The van der Waals surface area contributed by atoms with E-state index in [-0.39, 0.29) is 18.0 Å². The van der Waals surface area contributed by atoms with Crippen LogP contribution in [-0.4, -0.2) is 18.0 Å². The topological polar surface area (TPSA) is 26.3 Å². The van der Waals surface area contributed by atoms with Gasteiger partial charge in [0.05, 0.1) is 12.2 Å². The number of Topliss-reactive ketones (excluding diaryl/α,β-unsaturated/α-hetero) is 1. The molecule has 84 valence electrons. The molecule has 0 aromatic carbocycles. The molecule has 2 heteroatoms. The molecule has 0 amide bonds. The zero-order valence-corrected chi connectivity index (χ0v) is 10.0. The van der Waals surface area contributed by atoms with Crippen molar-refractivity contribution in [2.75, 3.05) is 0 Å². The number of unbranched alkanes of at least 4 members (excludes halogenated alkanes) is 2. The monoisotopic (exact) mass is 200 g/mol. The Balaban J connectivity index is 3.78. The van der Waals surface area contributed by atoms with Crippen molar-refractivity contribution in [3.63, 3.8) is 0 Å². The van der Waals surface area contributed by atoms with E-state index >= 15 is 0 Å². The molecule has 0 bridgehead atoms. The highest BCUT2D eigenvalue weighted by Gasteiger charge is 2.12. The predicted molar refractivity (Wildman–Crippen MR) is 59.4 cm³/mol. The summed E-state index contributed by atoms with van der Waals surface area (Å²) in [7, 11) is 0. The molecule has 0 fully saturated rings. The van der Waals surface area contributed by atoms with Crippen LogP contribution in [0.2, 0.25) is 0 Å². The molecule has 0 aromatic rings. The van der Waals surface area contributed by atoms with E-state index in [9.17, 15) is 4.79 Å². The summed E-state index contributed by atoms with van der Waals surface area (Å²) in [5.41, 5.74) is 0. The minimum atomic E-state index is 0.138. The molecule has 0 heterocycles. The van der Waals surface area contributed by atoms with Crippen molar-refractivity contribution in [3.05, 3.63) is 0 Å². The Kier molecular flexibility index (Phi) is 7.77. The quantitative estimate of drug-likeness (QED) is 0.562. The van der Waals surface area contributed by atoms with Crippen LogP contribution in [-0.2, 0) is 9.53 Å². The predicted octanol–water partition coefficient (Wildman–Crippen LogP) is 3.34. The van der Waals surface area contributed by atoms with Gasteiger partial charge < -0.3 is 4.74 Å². The summed E-state index contributed by atoms with van der Waals surface area (Å²) in [6, 6.07) is 0. The van der Waals surface area contributed by atoms with Crippen molar-refractivity contribution in [1.29, 1.82) is 0 Å². The molecule has 2 nitrogen and oxygen atoms in total. The van der Waals surface area contributed by atoms with Gasteiger partial charge in [0.15, 0.2) is 0 Å². The van der Waals surface area contributed by atoms with Crippen molar-refractivity contribution in [2.24, 2.45) is 0 Å². The molecule has 0 rings (SSSR count). The van der Waals surface area contributed by atoms with Crippen molar-refractivity contribution in [1.82, 2.24) is 0 Å². The van der Waals surface area contributed by atoms with Gasteiger partial charge in [-0.05, 0) is 27.2 Å². The van der Waals surface area contributed by atoms with Gasteiger partial charge in [-0.15, -0.1) is 0 Å². The third-order valence-electron chi connectivity index (χ3n) is 2.11. The summed E-state index contributed by atoms with van der Waals surface area (Å²) < 4.78 is 5.69. The molecule has 0 saturated heterocycles. The van der Waals surface area contributed by atoms with Gasteiger partial charge in [-0.3, -0.25) is 4.79 Å². The number of carbonyl (C=O) groups excluding carboxylic acids is 1. The van der Waals surface area contributed by atoms with E-state index in [0.717, 1.165) is 6.42 Å². The lowest BCUT2D eigenvalue weighted by Gasteiger charge is -2.19. The lowest BCUT2D eigenvalue weighted by Crippen LogP contribution is -2.20. The fraction of sp³-hybridized carbons (Fsp3) is 0.917. The maximum atomic E-state index is 11.0. The van der Waals surface area contributed by atoms with E-state index in [1.54, 1.807) is 6.92 Å². The molecular weight excluding hydrogens is 176 g/mol. The highest BCUT2D eigenvalue weighted by Crippen LogP contribution is 2.12. The molecule has 0 spiro atoms. The minimum Gasteiger partial charge on any atom is -0.375 e. The lowest BCUT2D eigenvalue weighted by atomic mass is 10.1. The van der Waals surface area contributed by atoms with Gasteiger partial charge in [0, 0.05) is 6.42 Å². The third kappa shape index (κ3) is 8.24. The Morgan fingerprint density at radius 2 is 1.93 bits per heavy atom. The molecule has 1 atom stereocenters. The summed E-state index contributed by atoms with van der Waals surface area (Å²) in [6.07, 6.45) is 5.57. The van der Waals surface area contributed by atoms with E-state index < -0.39 is 0 Å². The van der Waals surface area contributed by atoms with Crippen LogP contribution in [0.4, 0.5) is 0 Å². The van der Waals surface area contributed by atoms with Gasteiger partial charge in [0.2, 0.25) is 0 Å². The Labute approximate surface area is 88.0 Å². The van der Waals surface area contributed by atoms with Gasteiger partial charge in [-0.2, -0.15) is 0 Å².